The molecule has 1 aromatic carbocycles. The van der Waals surface area contributed by atoms with E-state index < -0.39 is 0 Å². The lowest BCUT2D eigenvalue weighted by molar-refractivity contribution is 0.240. The Morgan fingerprint density at radius 1 is 1.20 bits per heavy atom. The van der Waals surface area contributed by atoms with Gasteiger partial charge in [0.1, 0.15) is 0 Å². The van der Waals surface area contributed by atoms with Crippen molar-refractivity contribution in [3.05, 3.63) is 42.1 Å². The van der Waals surface area contributed by atoms with Crippen molar-refractivity contribution >= 4 is 10.9 Å². The van der Waals surface area contributed by atoms with Crippen LogP contribution < -0.4 is 5.73 Å². The maximum atomic E-state index is 6.52. The average molecular weight is 268 g/mol. The number of pyridine rings is 1. The predicted octanol–water partition coefficient (Wildman–Crippen LogP) is 4.45. The van der Waals surface area contributed by atoms with Crippen LogP contribution >= 0.6 is 0 Å². The molecule has 1 aromatic heterocycles. The molecule has 0 amide bonds. The van der Waals surface area contributed by atoms with Crippen LogP contribution in [0.3, 0.4) is 0 Å². The standard InChI is InChI=1S/C18H24N2/c1-2-13-5-7-15(8-6-13)18(19)16-10-9-14-4-3-11-20-17(14)12-16/h3-4,9-13,15,18H,2,5-8,19H2,1H3. The van der Waals surface area contributed by atoms with Crippen molar-refractivity contribution in [2.24, 2.45) is 17.6 Å². The van der Waals surface area contributed by atoms with Crippen molar-refractivity contribution in [1.82, 2.24) is 4.98 Å². The third-order valence-corrected chi connectivity index (χ3v) is 4.99. The normalized spacial score (nSPS) is 24.7. The molecule has 20 heavy (non-hydrogen) atoms. The topological polar surface area (TPSA) is 38.9 Å². The van der Waals surface area contributed by atoms with Gasteiger partial charge in [0, 0.05) is 17.6 Å². The highest BCUT2D eigenvalue weighted by atomic mass is 14.7. The van der Waals surface area contributed by atoms with Gasteiger partial charge in [-0.15, -0.1) is 0 Å². The molecule has 1 unspecified atom stereocenters. The molecule has 1 aliphatic rings. The zero-order valence-corrected chi connectivity index (χ0v) is 12.3. The second kappa shape index (κ2) is 5.92. The summed E-state index contributed by atoms with van der Waals surface area (Å²) in [6.45, 7) is 2.31. The van der Waals surface area contributed by atoms with Crippen LogP contribution in [0, 0.1) is 11.8 Å². The molecular weight excluding hydrogens is 244 g/mol. The summed E-state index contributed by atoms with van der Waals surface area (Å²) in [5, 5.41) is 1.19. The molecule has 3 rings (SSSR count). The third-order valence-electron chi connectivity index (χ3n) is 4.99. The van der Waals surface area contributed by atoms with E-state index in [2.05, 4.69) is 36.2 Å². The van der Waals surface area contributed by atoms with E-state index in [9.17, 15) is 0 Å². The van der Waals surface area contributed by atoms with Crippen LogP contribution in [-0.4, -0.2) is 4.98 Å². The lowest BCUT2D eigenvalue weighted by Crippen LogP contribution is -2.26. The highest BCUT2D eigenvalue weighted by Crippen LogP contribution is 2.37. The van der Waals surface area contributed by atoms with E-state index in [1.807, 2.05) is 12.3 Å². The Kier molecular flexibility index (Phi) is 4.02. The van der Waals surface area contributed by atoms with Crippen molar-refractivity contribution in [2.45, 2.75) is 45.1 Å². The lowest BCUT2D eigenvalue weighted by Gasteiger charge is -2.32. The first-order valence-electron chi connectivity index (χ1n) is 7.88. The zero-order chi connectivity index (χ0) is 13.9. The van der Waals surface area contributed by atoms with Crippen LogP contribution in [0.1, 0.15) is 50.6 Å². The van der Waals surface area contributed by atoms with Gasteiger partial charge in [-0.3, -0.25) is 4.98 Å². The molecule has 2 heteroatoms. The van der Waals surface area contributed by atoms with Gasteiger partial charge in [-0.05, 0) is 42.4 Å². The Labute approximate surface area is 121 Å². The Hall–Kier alpha value is -1.41. The molecule has 2 N–H and O–H groups in total. The monoisotopic (exact) mass is 268 g/mol. The van der Waals surface area contributed by atoms with Crippen molar-refractivity contribution < 1.29 is 0 Å². The Bertz CT molecular complexity index is 570. The summed E-state index contributed by atoms with van der Waals surface area (Å²) in [7, 11) is 0. The second-order valence-corrected chi connectivity index (χ2v) is 6.17. The second-order valence-electron chi connectivity index (χ2n) is 6.17. The molecule has 106 valence electrons. The number of fused-ring (bicyclic) bond motifs is 1. The molecular formula is C18H24N2. The summed E-state index contributed by atoms with van der Waals surface area (Å²) in [5.74, 6) is 1.57. The average Bonchev–Trinajstić information content (AvgIpc) is 2.54. The highest BCUT2D eigenvalue weighted by molar-refractivity contribution is 5.78. The number of rotatable bonds is 3. The van der Waals surface area contributed by atoms with Gasteiger partial charge in [0.05, 0.1) is 5.52 Å². The van der Waals surface area contributed by atoms with E-state index in [1.54, 1.807) is 0 Å². The summed E-state index contributed by atoms with van der Waals surface area (Å²) < 4.78 is 0. The third kappa shape index (κ3) is 2.71. The minimum atomic E-state index is 0.166. The minimum absolute atomic E-state index is 0.166. The molecule has 0 saturated heterocycles. The van der Waals surface area contributed by atoms with E-state index in [0.29, 0.717) is 5.92 Å². The number of aromatic nitrogens is 1. The number of nitrogens with two attached hydrogens (primary N) is 1. The largest absolute Gasteiger partial charge is 0.324 e. The molecule has 1 saturated carbocycles. The first-order valence-corrected chi connectivity index (χ1v) is 7.88. The van der Waals surface area contributed by atoms with Gasteiger partial charge < -0.3 is 5.73 Å². The SMILES string of the molecule is CCC1CCC(C(N)c2ccc3cccnc3c2)CC1. The fraction of sp³-hybridized carbons (Fsp3) is 0.500. The van der Waals surface area contributed by atoms with E-state index in [4.69, 9.17) is 5.73 Å². The highest BCUT2D eigenvalue weighted by Gasteiger charge is 2.25. The van der Waals surface area contributed by atoms with E-state index in [-0.39, 0.29) is 6.04 Å². The van der Waals surface area contributed by atoms with Crippen LogP contribution in [-0.2, 0) is 0 Å². The summed E-state index contributed by atoms with van der Waals surface area (Å²) >= 11 is 0. The first-order chi connectivity index (χ1) is 9.78. The lowest BCUT2D eigenvalue weighted by atomic mass is 9.76. The van der Waals surface area contributed by atoms with Crippen molar-refractivity contribution in [3.8, 4) is 0 Å². The van der Waals surface area contributed by atoms with Crippen LogP contribution in [0.5, 0.6) is 0 Å². The molecule has 1 fully saturated rings. The Morgan fingerprint density at radius 3 is 2.75 bits per heavy atom. The van der Waals surface area contributed by atoms with Gasteiger partial charge in [-0.25, -0.2) is 0 Å². The minimum Gasteiger partial charge on any atom is -0.324 e. The molecule has 0 aliphatic heterocycles. The van der Waals surface area contributed by atoms with Gasteiger partial charge in [-0.2, -0.15) is 0 Å². The molecule has 2 aromatic rings. The molecule has 2 nitrogen and oxygen atoms in total. The van der Waals surface area contributed by atoms with Gasteiger partial charge >= 0.3 is 0 Å². The summed E-state index contributed by atoms with van der Waals surface area (Å²) in [5.41, 5.74) is 8.82. The smallest absolute Gasteiger partial charge is 0.0705 e. The maximum Gasteiger partial charge on any atom is 0.0705 e. The van der Waals surface area contributed by atoms with Crippen molar-refractivity contribution in [3.63, 3.8) is 0 Å². The number of nitrogens with zero attached hydrogens (tertiary/aromatic N) is 1. The molecule has 1 aliphatic carbocycles. The number of hydrogen-bond donors (Lipinski definition) is 1. The van der Waals surface area contributed by atoms with Crippen LogP contribution in [0.25, 0.3) is 10.9 Å². The molecule has 0 radical (unpaired) electrons. The fourth-order valence-electron chi connectivity index (χ4n) is 3.52. The van der Waals surface area contributed by atoms with E-state index in [1.165, 1.54) is 43.1 Å². The number of benzene rings is 1. The van der Waals surface area contributed by atoms with Gasteiger partial charge in [0.2, 0.25) is 0 Å². The molecule has 0 bridgehead atoms. The Balaban J connectivity index is 1.77. The summed E-state index contributed by atoms with van der Waals surface area (Å²) in [4.78, 5) is 4.44. The van der Waals surface area contributed by atoms with Crippen LogP contribution in [0.2, 0.25) is 0 Å². The Morgan fingerprint density at radius 2 is 2.00 bits per heavy atom. The first kappa shape index (κ1) is 13.6. The van der Waals surface area contributed by atoms with Crippen LogP contribution in [0.4, 0.5) is 0 Å². The summed E-state index contributed by atoms with van der Waals surface area (Å²) in [6, 6.07) is 10.7. The van der Waals surface area contributed by atoms with E-state index in [0.717, 1.165) is 11.4 Å². The van der Waals surface area contributed by atoms with Crippen molar-refractivity contribution in [2.75, 3.05) is 0 Å². The molecule has 0 spiro atoms. The summed E-state index contributed by atoms with van der Waals surface area (Å²) in [6.07, 6.45) is 8.42. The quantitative estimate of drug-likeness (QED) is 0.893. The molecule has 1 heterocycles. The van der Waals surface area contributed by atoms with Crippen LogP contribution in [0.15, 0.2) is 36.5 Å². The van der Waals surface area contributed by atoms with E-state index >= 15 is 0 Å². The zero-order valence-electron chi connectivity index (χ0n) is 12.3. The maximum absolute atomic E-state index is 6.52. The van der Waals surface area contributed by atoms with Gasteiger partial charge in [-0.1, -0.05) is 44.4 Å². The van der Waals surface area contributed by atoms with Crippen molar-refractivity contribution in [1.29, 1.82) is 0 Å². The van der Waals surface area contributed by atoms with Gasteiger partial charge in [0.25, 0.3) is 0 Å². The fourth-order valence-corrected chi connectivity index (χ4v) is 3.52. The molecule has 1 atom stereocenters. The predicted molar refractivity (Wildman–Crippen MR) is 84.4 cm³/mol. The number of hydrogen-bond acceptors (Lipinski definition) is 2. The van der Waals surface area contributed by atoms with Gasteiger partial charge in [0.15, 0.2) is 0 Å².